The fourth-order valence-electron chi connectivity index (χ4n) is 4.34. The van der Waals surface area contributed by atoms with Crippen LogP contribution in [0.4, 0.5) is 11.4 Å². The van der Waals surface area contributed by atoms with E-state index in [0.717, 1.165) is 18.7 Å². The van der Waals surface area contributed by atoms with Gasteiger partial charge in [-0.25, -0.2) is 8.42 Å². The summed E-state index contributed by atoms with van der Waals surface area (Å²) in [4.78, 5) is 17.1. The lowest BCUT2D eigenvalue weighted by molar-refractivity contribution is 0.0785. The van der Waals surface area contributed by atoms with E-state index in [0.29, 0.717) is 30.8 Å². The molecule has 0 atom stereocenters. The molecule has 30 heavy (non-hydrogen) atoms. The molecular weight excluding hydrogens is 398 g/mol. The number of sulfonamides is 1. The molecule has 7 heteroatoms. The molecule has 2 aromatic rings. The molecule has 6 nitrogen and oxygen atoms in total. The third-order valence-corrected chi connectivity index (χ3v) is 7.81. The normalized spacial score (nSPS) is 18.4. The number of para-hydroxylation sites is 1. The van der Waals surface area contributed by atoms with Gasteiger partial charge in [0.2, 0.25) is 10.0 Å². The second-order valence-electron chi connectivity index (χ2n) is 8.13. The Bertz CT molecular complexity index is 999. The number of hydrogen-bond acceptors (Lipinski definition) is 4. The number of carbonyl (C=O) groups is 1. The maximum absolute atomic E-state index is 13.0. The summed E-state index contributed by atoms with van der Waals surface area (Å²) in [7, 11) is -1.40. The fourth-order valence-corrected chi connectivity index (χ4v) is 5.90. The largest absolute Gasteiger partial charge is 0.371 e. The Morgan fingerprint density at radius 2 is 1.63 bits per heavy atom. The van der Waals surface area contributed by atoms with Crippen LogP contribution in [0.1, 0.15) is 41.6 Å². The van der Waals surface area contributed by atoms with Crippen molar-refractivity contribution in [2.75, 3.05) is 41.6 Å². The molecule has 0 spiro atoms. The molecule has 0 N–H and O–H groups in total. The van der Waals surface area contributed by atoms with Crippen molar-refractivity contribution in [1.29, 1.82) is 0 Å². The Morgan fingerprint density at radius 1 is 0.933 bits per heavy atom. The molecule has 2 aliphatic rings. The molecule has 0 aromatic heterocycles. The van der Waals surface area contributed by atoms with Crippen LogP contribution in [-0.4, -0.2) is 51.7 Å². The molecule has 2 heterocycles. The van der Waals surface area contributed by atoms with E-state index < -0.39 is 10.0 Å². The Balaban J connectivity index is 1.47. The van der Waals surface area contributed by atoms with E-state index in [1.165, 1.54) is 29.3 Å². The molecule has 2 fully saturated rings. The molecule has 2 aliphatic heterocycles. The Kier molecular flexibility index (Phi) is 5.99. The van der Waals surface area contributed by atoms with Crippen LogP contribution in [0.25, 0.3) is 0 Å². The van der Waals surface area contributed by atoms with Crippen LogP contribution in [0.15, 0.2) is 48.5 Å². The van der Waals surface area contributed by atoms with Crippen molar-refractivity contribution >= 4 is 27.3 Å². The second-order valence-corrected chi connectivity index (χ2v) is 10.1. The standard InChI is InChI=1S/C23H29N3O3S/c1-24(18-20-8-3-4-9-22(20)25-14-5-2-6-15-25)23(27)19-10-12-21(13-11-19)26-16-7-17-30(26,28)29/h3-4,8-13H,2,5-7,14-18H2,1H3. The van der Waals surface area contributed by atoms with Crippen LogP contribution in [0.5, 0.6) is 0 Å². The van der Waals surface area contributed by atoms with Crippen molar-refractivity contribution in [3.05, 3.63) is 59.7 Å². The van der Waals surface area contributed by atoms with Crippen molar-refractivity contribution in [3.8, 4) is 0 Å². The zero-order valence-electron chi connectivity index (χ0n) is 17.5. The monoisotopic (exact) mass is 427 g/mol. The molecule has 0 aliphatic carbocycles. The van der Waals surface area contributed by atoms with Gasteiger partial charge in [0, 0.05) is 44.5 Å². The molecular formula is C23H29N3O3S. The molecule has 4 rings (SSSR count). The van der Waals surface area contributed by atoms with Gasteiger partial charge in [-0.15, -0.1) is 0 Å². The SMILES string of the molecule is CN(Cc1ccccc1N1CCCCC1)C(=O)c1ccc(N2CCCS2(=O)=O)cc1. The van der Waals surface area contributed by atoms with E-state index in [2.05, 4.69) is 23.1 Å². The summed E-state index contributed by atoms with van der Waals surface area (Å²) in [6.07, 6.45) is 4.35. The molecule has 2 saturated heterocycles. The number of amides is 1. The number of anilines is 2. The van der Waals surface area contributed by atoms with Crippen molar-refractivity contribution in [1.82, 2.24) is 4.90 Å². The molecule has 1 amide bonds. The zero-order chi connectivity index (χ0) is 21.1. The Hall–Kier alpha value is -2.54. The first-order valence-corrected chi connectivity index (χ1v) is 12.3. The van der Waals surface area contributed by atoms with E-state index in [-0.39, 0.29) is 11.7 Å². The van der Waals surface area contributed by atoms with E-state index in [1.54, 1.807) is 29.2 Å². The summed E-state index contributed by atoms with van der Waals surface area (Å²) in [5, 5.41) is 0. The van der Waals surface area contributed by atoms with E-state index in [4.69, 9.17) is 0 Å². The van der Waals surface area contributed by atoms with E-state index in [9.17, 15) is 13.2 Å². The van der Waals surface area contributed by atoms with Gasteiger partial charge in [-0.1, -0.05) is 18.2 Å². The molecule has 0 unspecified atom stereocenters. The Labute approximate surface area is 179 Å². The average molecular weight is 428 g/mol. The van der Waals surface area contributed by atoms with Crippen LogP contribution >= 0.6 is 0 Å². The number of carbonyl (C=O) groups excluding carboxylic acids is 1. The summed E-state index contributed by atoms with van der Waals surface area (Å²) in [5.74, 6) is 0.117. The quantitative estimate of drug-likeness (QED) is 0.733. The van der Waals surface area contributed by atoms with Gasteiger partial charge in [0.05, 0.1) is 11.4 Å². The van der Waals surface area contributed by atoms with Crippen molar-refractivity contribution in [2.24, 2.45) is 0 Å². The summed E-state index contributed by atoms with van der Waals surface area (Å²) in [6, 6.07) is 15.2. The highest BCUT2D eigenvalue weighted by Gasteiger charge is 2.28. The van der Waals surface area contributed by atoms with E-state index in [1.807, 2.05) is 13.1 Å². The number of piperidine rings is 1. The maximum Gasteiger partial charge on any atom is 0.253 e. The van der Waals surface area contributed by atoms with Crippen LogP contribution < -0.4 is 9.21 Å². The van der Waals surface area contributed by atoms with Gasteiger partial charge in [0.1, 0.15) is 0 Å². The lowest BCUT2D eigenvalue weighted by Crippen LogP contribution is -2.32. The summed E-state index contributed by atoms with van der Waals surface area (Å²) < 4.78 is 25.6. The lowest BCUT2D eigenvalue weighted by Gasteiger charge is -2.31. The average Bonchev–Trinajstić information content (AvgIpc) is 3.13. The molecule has 2 aromatic carbocycles. The van der Waals surface area contributed by atoms with Crippen LogP contribution in [0, 0.1) is 0 Å². The van der Waals surface area contributed by atoms with Crippen molar-refractivity contribution in [3.63, 3.8) is 0 Å². The molecule has 0 saturated carbocycles. The van der Waals surface area contributed by atoms with Gasteiger partial charge in [-0.3, -0.25) is 9.10 Å². The topological polar surface area (TPSA) is 60.9 Å². The predicted octanol–water partition coefficient (Wildman–Crippen LogP) is 3.49. The zero-order valence-corrected chi connectivity index (χ0v) is 18.3. The van der Waals surface area contributed by atoms with Gasteiger partial charge < -0.3 is 9.80 Å². The van der Waals surface area contributed by atoms with Crippen molar-refractivity contribution < 1.29 is 13.2 Å². The second kappa shape index (κ2) is 8.68. The van der Waals surface area contributed by atoms with E-state index >= 15 is 0 Å². The van der Waals surface area contributed by atoms with Crippen molar-refractivity contribution in [2.45, 2.75) is 32.2 Å². The lowest BCUT2D eigenvalue weighted by atomic mass is 10.1. The molecule has 160 valence electrons. The predicted molar refractivity (Wildman–Crippen MR) is 120 cm³/mol. The molecule has 0 bridgehead atoms. The van der Waals surface area contributed by atoms with Gasteiger partial charge in [0.15, 0.2) is 0 Å². The van der Waals surface area contributed by atoms with Crippen LogP contribution in [0.3, 0.4) is 0 Å². The van der Waals surface area contributed by atoms with Crippen LogP contribution in [-0.2, 0) is 16.6 Å². The summed E-state index contributed by atoms with van der Waals surface area (Å²) in [5.41, 5.74) is 3.55. The first-order chi connectivity index (χ1) is 14.5. The minimum absolute atomic E-state index is 0.0701. The van der Waals surface area contributed by atoms with Gasteiger partial charge in [0.25, 0.3) is 5.91 Å². The number of benzene rings is 2. The first-order valence-electron chi connectivity index (χ1n) is 10.6. The van der Waals surface area contributed by atoms with Gasteiger partial charge >= 0.3 is 0 Å². The van der Waals surface area contributed by atoms with Gasteiger partial charge in [-0.2, -0.15) is 0 Å². The number of nitrogens with zero attached hydrogens (tertiary/aromatic N) is 3. The summed E-state index contributed by atoms with van der Waals surface area (Å²) >= 11 is 0. The highest BCUT2D eigenvalue weighted by atomic mass is 32.2. The third-order valence-electron chi connectivity index (χ3n) is 5.94. The number of rotatable bonds is 5. The maximum atomic E-state index is 13.0. The van der Waals surface area contributed by atoms with Crippen LogP contribution in [0.2, 0.25) is 0 Å². The minimum Gasteiger partial charge on any atom is -0.371 e. The highest BCUT2D eigenvalue weighted by Crippen LogP contribution is 2.27. The number of hydrogen-bond donors (Lipinski definition) is 0. The van der Waals surface area contributed by atoms with Gasteiger partial charge in [-0.05, 0) is 61.6 Å². The smallest absolute Gasteiger partial charge is 0.253 e. The highest BCUT2D eigenvalue weighted by molar-refractivity contribution is 7.93. The minimum atomic E-state index is -3.21. The fraction of sp³-hybridized carbons (Fsp3) is 0.435. The first kappa shape index (κ1) is 20.7. The Morgan fingerprint density at radius 3 is 2.30 bits per heavy atom. The molecule has 0 radical (unpaired) electrons. The summed E-state index contributed by atoms with van der Waals surface area (Å²) in [6.45, 7) is 3.17. The third kappa shape index (κ3) is 4.31.